The Hall–Kier alpha value is -2.37. The molecule has 0 saturated carbocycles. The molecular formula is C19H30N6. The molecule has 2 N–H and O–H groups in total. The highest BCUT2D eigenvalue weighted by molar-refractivity contribution is 5.79. The summed E-state index contributed by atoms with van der Waals surface area (Å²) < 4.78 is 1.76. The lowest BCUT2D eigenvalue weighted by Crippen LogP contribution is -2.42. The van der Waals surface area contributed by atoms with Crippen molar-refractivity contribution in [2.45, 2.75) is 39.7 Å². The number of hydrogen-bond donors (Lipinski definition) is 2. The quantitative estimate of drug-likeness (QED) is 0.571. The largest absolute Gasteiger partial charge is 0.356 e. The van der Waals surface area contributed by atoms with Crippen LogP contribution in [0.3, 0.4) is 0 Å². The van der Waals surface area contributed by atoms with E-state index in [1.165, 1.54) is 12.0 Å². The molecule has 0 spiro atoms. The second-order valence-electron chi connectivity index (χ2n) is 7.08. The first kappa shape index (κ1) is 19.0. The van der Waals surface area contributed by atoms with Crippen LogP contribution >= 0.6 is 0 Å². The van der Waals surface area contributed by atoms with Gasteiger partial charge >= 0.3 is 0 Å². The molecule has 1 aromatic carbocycles. The molecule has 0 fully saturated rings. The summed E-state index contributed by atoms with van der Waals surface area (Å²) in [5, 5.41) is 10.8. The molecule has 0 aliphatic carbocycles. The zero-order valence-electron chi connectivity index (χ0n) is 15.8. The van der Waals surface area contributed by atoms with E-state index in [-0.39, 0.29) is 5.41 Å². The number of hydrogen-bond acceptors (Lipinski definition) is 3. The minimum absolute atomic E-state index is 0.206. The van der Waals surface area contributed by atoms with Crippen molar-refractivity contribution in [1.82, 2.24) is 25.4 Å². The molecule has 136 valence electrons. The zero-order valence-corrected chi connectivity index (χ0v) is 15.8. The fourth-order valence-electron chi connectivity index (χ4n) is 2.69. The van der Waals surface area contributed by atoms with Crippen LogP contribution in [0.5, 0.6) is 0 Å². The molecule has 2 rings (SSSR count). The highest BCUT2D eigenvalue weighted by Gasteiger charge is 2.18. The zero-order chi connectivity index (χ0) is 18.1. The van der Waals surface area contributed by atoms with Crippen LogP contribution in [0.1, 0.15) is 38.1 Å². The highest BCUT2D eigenvalue weighted by Crippen LogP contribution is 2.22. The van der Waals surface area contributed by atoms with Crippen LogP contribution in [-0.4, -0.2) is 34.3 Å². The second kappa shape index (κ2) is 9.20. The minimum atomic E-state index is 0.206. The van der Waals surface area contributed by atoms with E-state index < -0.39 is 0 Å². The molecule has 0 amide bonds. The second-order valence-corrected chi connectivity index (χ2v) is 7.08. The molecule has 6 nitrogen and oxygen atoms in total. The first-order valence-electron chi connectivity index (χ1n) is 8.81. The van der Waals surface area contributed by atoms with Gasteiger partial charge in [0.2, 0.25) is 0 Å². The molecule has 2 aromatic rings. The molecule has 0 atom stereocenters. The Bertz CT molecular complexity index is 660. The predicted octanol–water partition coefficient (Wildman–Crippen LogP) is 2.53. The van der Waals surface area contributed by atoms with Gasteiger partial charge in [0.15, 0.2) is 5.96 Å². The Balaban J connectivity index is 1.72. The maximum Gasteiger partial charge on any atom is 0.191 e. The number of aliphatic imine (C=N–C) groups is 1. The van der Waals surface area contributed by atoms with Gasteiger partial charge in [-0.2, -0.15) is 5.10 Å². The standard InChI is InChI=1S/C19H30N6/c1-19(2,12-8-11-16-9-6-5-7-10-16)14-22-18(20-3)21-13-17-23-15-24-25(17)4/h5-7,9-10,15H,8,11-14H2,1-4H3,(H2,20,21,22). The van der Waals surface area contributed by atoms with E-state index in [0.29, 0.717) is 6.54 Å². The van der Waals surface area contributed by atoms with E-state index in [2.05, 4.69) is 69.9 Å². The summed E-state index contributed by atoms with van der Waals surface area (Å²) in [6.07, 6.45) is 5.03. The first-order valence-corrected chi connectivity index (χ1v) is 8.81. The van der Waals surface area contributed by atoms with Gasteiger partial charge in [-0.15, -0.1) is 0 Å². The van der Waals surface area contributed by atoms with Crippen molar-refractivity contribution in [2.24, 2.45) is 17.5 Å². The Morgan fingerprint density at radius 3 is 2.60 bits per heavy atom. The third kappa shape index (κ3) is 6.57. The Morgan fingerprint density at radius 2 is 1.96 bits per heavy atom. The fourth-order valence-corrected chi connectivity index (χ4v) is 2.69. The van der Waals surface area contributed by atoms with Crippen LogP contribution < -0.4 is 10.6 Å². The van der Waals surface area contributed by atoms with Crippen molar-refractivity contribution in [3.63, 3.8) is 0 Å². The van der Waals surface area contributed by atoms with Crippen LogP contribution in [-0.2, 0) is 20.0 Å². The van der Waals surface area contributed by atoms with Crippen molar-refractivity contribution in [2.75, 3.05) is 13.6 Å². The van der Waals surface area contributed by atoms with Crippen LogP contribution in [0.25, 0.3) is 0 Å². The summed E-state index contributed by atoms with van der Waals surface area (Å²) in [5.41, 5.74) is 1.62. The van der Waals surface area contributed by atoms with E-state index >= 15 is 0 Å². The smallest absolute Gasteiger partial charge is 0.191 e. The van der Waals surface area contributed by atoms with E-state index in [4.69, 9.17) is 0 Å². The third-order valence-electron chi connectivity index (χ3n) is 4.34. The van der Waals surface area contributed by atoms with Crippen LogP contribution in [0.15, 0.2) is 41.7 Å². The third-order valence-corrected chi connectivity index (χ3v) is 4.34. The topological polar surface area (TPSA) is 67.1 Å². The van der Waals surface area contributed by atoms with E-state index in [1.54, 1.807) is 18.1 Å². The SMILES string of the molecule is CN=C(NCc1ncnn1C)NCC(C)(C)CCCc1ccccc1. The summed E-state index contributed by atoms with van der Waals surface area (Å²) in [6, 6.07) is 10.7. The van der Waals surface area contributed by atoms with E-state index in [0.717, 1.165) is 31.2 Å². The number of aromatic nitrogens is 3. The maximum absolute atomic E-state index is 4.29. The Labute approximate surface area is 150 Å². The summed E-state index contributed by atoms with van der Waals surface area (Å²) in [6.45, 7) is 6.06. The summed E-state index contributed by atoms with van der Waals surface area (Å²) in [4.78, 5) is 8.49. The lowest BCUT2D eigenvalue weighted by molar-refractivity contribution is 0.323. The minimum Gasteiger partial charge on any atom is -0.356 e. The molecule has 0 bridgehead atoms. The Kier molecular flexibility index (Phi) is 6.98. The van der Waals surface area contributed by atoms with Crippen molar-refractivity contribution < 1.29 is 0 Å². The molecule has 25 heavy (non-hydrogen) atoms. The molecule has 0 saturated heterocycles. The van der Waals surface area contributed by atoms with Crippen molar-refractivity contribution >= 4 is 5.96 Å². The van der Waals surface area contributed by atoms with Crippen LogP contribution in [0.4, 0.5) is 0 Å². The molecule has 0 aliphatic heterocycles. The van der Waals surface area contributed by atoms with E-state index in [9.17, 15) is 0 Å². The first-order chi connectivity index (χ1) is 12.0. The lowest BCUT2D eigenvalue weighted by Gasteiger charge is -2.26. The van der Waals surface area contributed by atoms with Gasteiger partial charge in [0.1, 0.15) is 12.2 Å². The van der Waals surface area contributed by atoms with Gasteiger partial charge in [-0.05, 0) is 30.2 Å². The highest BCUT2D eigenvalue weighted by atomic mass is 15.3. The molecule has 1 aromatic heterocycles. The normalized spacial score (nSPS) is 12.2. The maximum atomic E-state index is 4.29. The number of nitrogens with zero attached hydrogens (tertiary/aromatic N) is 4. The van der Waals surface area contributed by atoms with Gasteiger partial charge in [-0.25, -0.2) is 4.98 Å². The molecule has 0 unspecified atom stereocenters. The molecule has 0 radical (unpaired) electrons. The number of nitrogens with one attached hydrogen (secondary N) is 2. The van der Waals surface area contributed by atoms with Crippen LogP contribution in [0.2, 0.25) is 0 Å². The van der Waals surface area contributed by atoms with Gasteiger partial charge < -0.3 is 10.6 Å². The van der Waals surface area contributed by atoms with Crippen molar-refractivity contribution in [3.05, 3.63) is 48.0 Å². The molecular weight excluding hydrogens is 312 g/mol. The van der Waals surface area contributed by atoms with Crippen LogP contribution in [0, 0.1) is 5.41 Å². The monoisotopic (exact) mass is 342 g/mol. The van der Waals surface area contributed by atoms with Gasteiger partial charge in [-0.3, -0.25) is 9.67 Å². The van der Waals surface area contributed by atoms with Gasteiger partial charge in [0.25, 0.3) is 0 Å². The fraction of sp³-hybridized carbons (Fsp3) is 0.526. The van der Waals surface area contributed by atoms with Crippen molar-refractivity contribution in [1.29, 1.82) is 0 Å². The van der Waals surface area contributed by atoms with E-state index in [1.807, 2.05) is 7.05 Å². The van der Waals surface area contributed by atoms with Gasteiger partial charge in [0, 0.05) is 20.6 Å². The summed E-state index contributed by atoms with van der Waals surface area (Å²) >= 11 is 0. The number of aryl methyl sites for hydroxylation is 2. The number of rotatable bonds is 8. The summed E-state index contributed by atoms with van der Waals surface area (Å²) in [7, 11) is 3.67. The van der Waals surface area contributed by atoms with Crippen molar-refractivity contribution in [3.8, 4) is 0 Å². The Morgan fingerprint density at radius 1 is 1.20 bits per heavy atom. The lowest BCUT2D eigenvalue weighted by atomic mass is 9.86. The van der Waals surface area contributed by atoms with Gasteiger partial charge in [0.05, 0.1) is 6.54 Å². The summed E-state index contributed by atoms with van der Waals surface area (Å²) in [5.74, 6) is 1.67. The van der Waals surface area contributed by atoms with Gasteiger partial charge in [-0.1, -0.05) is 44.2 Å². The molecule has 0 aliphatic rings. The molecule has 1 heterocycles. The number of guanidine groups is 1. The number of benzene rings is 1. The predicted molar refractivity (Wildman–Crippen MR) is 102 cm³/mol. The molecule has 6 heteroatoms. The average molecular weight is 342 g/mol. The average Bonchev–Trinajstić information content (AvgIpc) is 3.01.